The molecule has 0 aliphatic carbocycles. The Balaban J connectivity index is 2.30. The van der Waals surface area contributed by atoms with E-state index in [1.807, 2.05) is 10.1 Å². The van der Waals surface area contributed by atoms with Gasteiger partial charge in [0.2, 0.25) is 0 Å². The second-order valence-corrected chi connectivity index (χ2v) is 5.33. The molecule has 0 spiro atoms. The molecule has 0 radical (unpaired) electrons. The summed E-state index contributed by atoms with van der Waals surface area (Å²) < 4.78 is 10.9. The van der Waals surface area contributed by atoms with Gasteiger partial charge in [0.05, 0.1) is 41.8 Å². The van der Waals surface area contributed by atoms with Crippen molar-refractivity contribution in [3.63, 3.8) is 0 Å². The molecular formula is C12H18ClN5OS. The molecule has 20 heavy (non-hydrogen) atoms. The molecular weight excluding hydrogens is 298 g/mol. The summed E-state index contributed by atoms with van der Waals surface area (Å²) in [5.74, 6) is 0. The molecule has 1 atom stereocenters. The van der Waals surface area contributed by atoms with Gasteiger partial charge in [0.1, 0.15) is 0 Å². The van der Waals surface area contributed by atoms with Crippen molar-refractivity contribution in [2.75, 3.05) is 20.3 Å². The number of hydrogen-bond donors (Lipinski definition) is 1. The van der Waals surface area contributed by atoms with E-state index in [0.717, 1.165) is 24.4 Å². The topological polar surface area (TPSA) is 64.9 Å². The van der Waals surface area contributed by atoms with Crippen molar-refractivity contribution in [3.8, 4) is 0 Å². The molecule has 1 N–H and O–H groups in total. The van der Waals surface area contributed by atoms with Gasteiger partial charge >= 0.3 is 0 Å². The number of methoxy groups -OCH3 is 1. The minimum Gasteiger partial charge on any atom is -0.383 e. The maximum absolute atomic E-state index is 6.31. The lowest BCUT2D eigenvalue weighted by Gasteiger charge is -2.18. The first kappa shape index (κ1) is 15.4. The van der Waals surface area contributed by atoms with Crippen LogP contribution >= 0.6 is 23.1 Å². The largest absolute Gasteiger partial charge is 0.383 e. The van der Waals surface area contributed by atoms with Crippen molar-refractivity contribution in [3.05, 3.63) is 28.0 Å². The van der Waals surface area contributed by atoms with Crippen molar-refractivity contribution in [1.82, 2.24) is 24.7 Å². The number of hydrogen-bond acceptors (Lipinski definition) is 6. The van der Waals surface area contributed by atoms with E-state index >= 15 is 0 Å². The first-order valence-electron chi connectivity index (χ1n) is 6.48. The molecule has 0 aliphatic heterocycles. The third-order valence-electron chi connectivity index (χ3n) is 2.89. The molecule has 0 bridgehead atoms. The monoisotopic (exact) mass is 315 g/mol. The highest BCUT2D eigenvalue weighted by molar-refractivity contribution is 7.03. The first-order valence-corrected chi connectivity index (χ1v) is 7.69. The molecule has 2 aromatic heterocycles. The van der Waals surface area contributed by atoms with Crippen LogP contribution in [0, 0.1) is 0 Å². The molecule has 0 aromatic carbocycles. The molecule has 1 unspecified atom stereocenters. The van der Waals surface area contributed by atoms with Gasteiger partial charge in [0.15, 0.2) is 0 Å². The molecule has 0 saturated carbocycles. The second kappa shape index (κ2) is 7.68. The standard InChI is InChI=1S/C12H18ClN5OS/c1-3-4-14-11(10-8-20-17-16-10)12-9(13)7-15-18(12)5-6-19-2/h7-8,11,14H,3-6H2,1-2H3. The predicted molar refractivity (Wildman–Crippen MR) is 79.2 cm³/mol. The van der Waals surface area contributed by atoms with Gasteiger partial charge in [0, 0.05) is 12.5 Å². The van der Waals surface area contributed by atoms with Crippen LogP contribution in [0.25, 0.3) is 0 Å². The molecule has 2 heterocycles. The van der Waals surface area contributed by atoms with Gasteiger partial charge < -0.3 is 10.1 Å². The molecule has 2 rings (SSSR count). The van der Waals surface area contributed by atoms with Crippen LogP contribution in [0.2, 0.25) is 5.02 Å². The fraction of sp³-hybridized carbons (Fsp3) is 0.583. The summed E-state index contributed by atoms with van der Waals surface area (Å²) >= 11 is 7.64. The van der Waals surface area contributed by atoms with Gasteiger partial charge in [-0.15, -0.1) is 5.10 Å². The molecule has 0 saturated heterocycles. The van der Waals surface area contributed by atoms with E-state index in [1.165, 1.54) is 11.5 Å². The van der Waals surface area contributed by atoms with Gasteiger partial charge in [-0.25, -0.2) is 0 Å². The van der Waals surface area contributed by atoms with Gasteiger partial charge in [-0.3, -0.25) is 4.68 Å². The quantitative estimate of drug-likeness (QED) is 0.808. The summed E-state index contributed by atoms with van der Waals surface area (Å²) in [6, 6.07) is -0.0967. The second-order valence-electron chi connectivity index (χ2n) is 4.31. The molecule has 0 fully saturated rings. The molecule has 2 aromatic rings. The zero-order chi connectivity index (χ0) is 14.4. The number of ether oxygens (including phenoxy) is 1. The molecule has 0 aliphatic rings. The Morgan fingerprint density at radius 3 is 3.05 bits per heavy atom. The van der Waals surface area contributed by atoms with Crippen LogP contribution in [-0.2, 0) is 11.3 Å². The minimum absolute atomic E-state index is 0.0967. The van der Waals surface area contributed by atoms with Gasteiger partial charge in [-0.2, -0.15) is 5.10 Å². The predicted octanol–water partition coefficient (Wildman–Crippen LogP) is 2.12. The zero-order valence-electron chi connectivity index (χ0n) is 11.5. The van der Waals surface area contributed by atoms with Crippen molar-refractivity contribution in [2.45, 2.75) is 25.9 Å². The lowest BCUT2D eigenvalue weighted by atomic mass is 10.1. The Kier molecular flexibility index (Phi) is 5.90. The third kappa shape index (κ3) is 3.54. The summed E-state index contributed by atoms with van der Waals surface area (Å²) in [5.41, 5.74) is 1.77. The lowest BCUT2D eigenvalue weighted by molar-refractivity contribution is 0.182. The maximum Gasteiger partial charge on any atom is 0.0986 e. The summed E-state index contributed by atoms with van der Waals surface area (Å²) in [5, 5.41) is 14.5. The number of aromatic nitrogens is 4. The van der Waals surface area contributed by atoms with Crippen molar-refractivity contribution >= 4 is 23.1 Å². The highest BCUT2D eigenvalue weighted by atomic mass is 35.5. The van der Waals surface area contributed by atoms with Crippen LogP contribution < -0.4 is 5.32 Å². The molecule has 110 valence electrons. The first-order chi connectivity index (χ1) is 9.77. The number of nitrogens with zero attached hydrogens (tertiary/aromatic N) is 4. The highest BCUT2D eigenvalue weighted by Crippen LogP contribution is 2.27. The van der Waals surface area contributed by atoms with E-state index in [0.29, 0.717) is 18.2 Å². The normalized spacial score (nSPS) is 12.8. The van der Waals surface area contributed by atoms with Gasteiger partial charge in [0.25, 0.3) is 0 Å². The fourth-order valence-corrected chi connectivity index (χ4v) is 2.67. The van der Waals surface area contributed by atoms with Crippen LogP contribution in [0.4, 0.5) is 0 Å². The van der Waals surface area contributed by atoms with Crippen molar-refractivity contribution in [2.24, 2.45) is 0 Å². The lowest BCUT2D eigenvalue weighted by Crippen LogP contribution is -2.27. The van der Waals surface area contributed by atoms with Gasteiger partial charge in [-0.1, -0.05) is 23.0 Å². The Hall–Kier alpha value is -1.02. The number of nitrogens with one attached hydrogen (secondary N) is 1. The number of halogens is 1. The van der Waals surface area contributed by atoms with Crippen LogP contribution in [0.3, 0.4) is 0 Å². The van der Waals surface area contributed by atoms with Crippen molar-refractivity contribution < 1.29 is 4.74 Å². The molecule has 0 amide bonds. The Labute approximate surface area is 127 Å². The third-order valence-corrected chi connectivity index (χ3v) is 3.70. The number of rotatable bonds is 8. The van der Waals surface area contributed by atoms with E-state index < -0.39 is 0 Å². The van der Waals surface area contributed by atoms with E-state index in [1.54, 1.807) is 13.3 Å². The summed E-state index contributed by atoms with van der Waals surface area (Å²) in [6.07, 6.45) is 2.69. The SMILES string of the molecule is CCCNC(c1csnn1)c1c(Cl)cnn1CCOC. The molecule has 8 heteroatoms. The average Bonchev–Trinajstić information content (AvgIpc) is 3.09. The summed E-state index contributed by atoms with van der Waals surface area (Å²) in [4.78, 5) is 0. The maximum atomic E-state index is 6.31. The van der Waals surface area contributed by atoms with Crippen molar-refractivity contribution in [1.29, 1.82) is 0 Å². The van der Waals surface area contributed by atoms with Crippen LogP contribution in [-0.4, -0.2) is 39.6 Å². The summed E-state index contributed by atoms with van der Waals surface area (Å²) in [6.45, 7) is 4.22. The van der Waals surface area contributed by atoms with E-state index in [9.17, 15) is 0 Å². The highest BCUT2D eigenvalue weighted by Gasteiger charge is 2.23. The van der Waals surface area contributed by atoms with Crippen LogP contribution in [0.1, 0.15) is 30.8 Å². The average molecular weight is 316 g/mol. The van der Waals surface area contributed by atoms with Crippen LogP contribution in [0.5, 0.6) is 0 Å². The van der Waals surface area contributed by atoms with Gasteiger partial charge in [-0.05, 0) is 24.5 Å². The zero-order valence-corrected chi connectivity index (χ0v) is 13.1. The smallest absolute Gasteiger partial charge is 0.0986 e. The van der Waals surface area contributed by atoms with E-state index in [4.69, 9.17) is 16.3 Å². The molecule has 6 nitrogen and oxygen atoms in total. The minimum atomic E-state index is -0.0967. The summed E-state index contributed by atoms with van der Waals surface area (Å²) in [7, 11) is 1.67. The Morgan fingerprint density at radius 1 is 1.55 bits per heavy atom. The Bertz CT molecular complexity index is 516. The fourth-order valence-electron chi connectivity index (χ4n) is 1.94. The van der Waals surface area contributed by atoms with E-state index in [2.05, 4.69) is 26.9 Å². The Morgan fingerprint density at radius 2 is 2.40 bits per heavy atom. The van der Waals surface area contributed by atoms with Crippen LogP contribution in [0.15, 0.2) is 11.6 Å². The van der Waals surface area contributed by atoms with E-state index in [-0.39, 0.29) is 6.04 Å².